The average molecular weight is 608 g/mol. The van der Waals surface area contributed by atoms with Gasteiger partial charge in [0.2, 0.25) is 5.91 Å². The molecular weight excluding hydrogens is 566 g/mol. The van der Waals surface area contributed by atoms with Gasteiger partial charge in [0.05, 0.1) is 16.7 Å². The number of fused-ring (bicyclic) bond motifs is 1. The fraction of sp³-hybridized carbons (Fsp3) is 0.371. The van der Waals surface area contributed by atoms with Crippen molar-refractivity contribution >= 4 is 16.9 Å². The molecule has 45 heavy (non-hydrogen) atoms. The monoisotopic (exact) mass is 607 g/mol. The van der Waals surface area contributed by atoms with Crippen LogP contribution < -0.4 is 11.4 Å². The summed E-state index contributed by atoms with van der Waals surface area (Å²) in [6, 6.07) is 24.1. The van der Waals surface area contributed by atoms with Crippen LogP contribution in [0.5, 0.6) is 0 Å². The van der Waals surface area contributed by atoms with E-state index in [1.54, 1.807) is 18.6 Å². The number of methoxy groups -OCH3 is 1. The largest absolute Gasteiger partial charge is 0.385 e. The van der Waals surface area contributed by atoms with Gasteiger partial charge in [-0.1, -0.05) is 48.5 Å². The Morgan fingerprint density at radius 2 is 1.80 bits per heavy atom. The SMILES string of the molecule is COCCCn1c([C@@H]2CCCN(C(=O)C[C@H](N)Cc3ccc(-c4ccc(-n5c(C)n[nH]c5=O)cc4)cc3)C2)nc2ccccc21. The number of amides is 1. The van der Waals surface area contributed by atoms with E-state index in [1.165, 1.54) is 0 Å². The number of para-hydroxylation sites is 2. The van der Waals surface area contributed by atoms with Crippen LogP contribution in [0.4, 0.5) is 0 Å². The van der Waals surface area contributed by atoms with Crippen molar-refractivity contribution in [3.05, 3.63) is 100 Å². The minimum Gasteiger partial charge on any atom is -0.385 e. The molecule has 0 saturated carbocycles. The molecule has 1 amide bonds. The molecule has 10 heteroatoms. The minimum atomic E-state index is -0.266. The maximum atomic E-state index is 13.4. The van der Waals surface area contributed by atoms with Gasteiger partial charge in [0.15, 0.2) is 0 Å². The second-order valence-corrected chi connectivity index (χ2v) is 12.0. The molecule has 3 heterocycles. The summed E-state index contributed by atoms with van der Waals surface area (Å²) in [5.74, 6) is 1.98. The number of aromatic amines is 1. The number of nitrogens with zero attached hydrogens (tertiary/aromatic N) is 5. The zero-order valence-electron chi connectivity index (χ0n) is 26.0. The van der Waals surface area contributed by atoms with Gasteiger partial charge in [0, 0.05) is 51.7 Å². The number of aromatic nitrogens is 5. The van der Waals surface area contributed by atoms with Crippen LogP contribution in [0.25, 0.3) is 27.8 Å². The van der Waals surface area contributed by atoms with Crippen LogP contribution in [0.1, 0.15) is 48.8 Å². The van der Waals surface area contributed by atoms with E-state index < -0.39 is 0 Å². The Bertz CT molecular complexity index is 1800. The third-order valence-corrected chi connectivity index (χ3v) is 8.74. The van der Waals surface area contributed by atoms with Crippen molar-refractivity contribution in [2.45, 2.75) is 57.5 Å². The van der Waals surface area contributed by atoms with Crippen molar-refractivity contribution in [2.24, 2.45) is 5.73 Å². The first-order valence-corrected chi connectivity index (χ1v) is 15.7. The van der Waals surface area contributed by atoms with Crippen LogP contribution in [0, 0.1) is 6.92 Å². The van der Waals surface area contributed by atoms with Gasteiger partial charge in [-0.05, 0) is 73.6 Å². The molecule has 234 valence electrons. The molecule has 0 unspecified atom stereocenters. The van der Waals surface area contributed by atoms with Crippen LogP contribution >= 0.6 is 0 Å². The Balaban J connectivity index is 1.06. The molecule has 1 aliphatic heterocycles. The van der Waals surface area contributed by atoms with Crippen LogP contribution in [0.3, 0.4) is 0 Å². The molecule has 1 fully saturated rings. The standard InChI is InChI=1S/C35H41N7O3/c1-24-38-39-35(44)42(24)30-16-14-27(15-17-30)26-12-10-25(11-13-26)21-29(36)22-33(43)40-18-5-7-28(23-40)34-37-31-8-3-4-9-32(31)41(34)19-6-20-45-2/h3-4,8-17,28-29H,5-7,18-23,36H2,1-2H3,(H,39,44)/t28-,29-/m1/s1. The van der Waals surface area contributed by atoms with Crippen molar-refractivity contribution < 1.29 is 9.53 Å². The molecule has 5 aromatic rings. The highest BCUT2D eigenvalue weighted by Gasteiger charge is 2.29. The molecule has 0 bridgehead atoms. The number of imidazole rings is 1. The van der Waals surface area contributed by atoms with E-state index in [0.717, 1.165) is 71.6 Å². The van der Waals surface area contributed by atoms with Gasteiger partial charge in [-0.15, -0.1) is 0 Å². The molecule has 6 rings (SSSR count). The number of likely N-dealkylation sites (tertiary alicyclic amines) is 1. The summed E-state index contributed by atoms with van der Waals surface area (Å²) >= 11 is 0. The third-order valence-electron chi connectivity index (χ3n) is 8.74. The molecule has 10 nitrogen and oxygen atoms in total. The van der Waals surface area contributed by atoms with Gasteiger partial charge in [0.25, 0.3) is 0 Å². The highest BCUT2D eigenvalue weighted by Crippen LogP contribution is 2.30. The highest BCUT2D eigenvalue weighted by atomic mass is 16.5. The predicted molar refractivity (Wildman–Crippen MR) is 175 cm³/mol. The summed E-state index contributed by atoms with van der Waals surface area (Å²) in [6.07, 6.45) is 3.82. The lowest BCUT2D eigenvalue weighted by Gasteiger charge is -2.33. The topological polar surface area (TPSA) is 124 Å². The average Bonchev–Trinajstić information content (AvgIpc) is 3.60. The highest BCUT2D eigenvalue weighted by molar-refractivity contribution is 5.78. The molecular formula is C35H41N7O3. The summed E-state index contributed by atoms with van der Waals surface area (Å²) in [6.45, 7) is 4.76. The lowest BCUT2D eigenvalue weighted by atomic mass is 9.95. The third kappa shape index (κ3) is 6.77. The van der Waals surface area contributed by atoms with Crippen LogP contribution in [0.2, 0.25) is 0 Å². The molecule has 0 radical (unpaired) electrons. The number of nitrogens with two attached hydrogens (primary N) is 1. The Kier molecular flexibility index (Phi) is 9.23. The maximum Gasteiger partial charge on any atom is 0.347 e. The number of aryl methyl sites for hydroxylation is 2. The molecule has 1 aliphatic rings. The zero-order chi connectivity index (χ0) is 31.3. The summed E-state index contributed by atoms with van der Waals surface area (Å²) < 4.78 is 9.16. The molecule has 0 aliphatic carbocycles. The van der Waals surface area contributed by atoms with Crippen molar-refractivity contribution in [1.82, 2.24) is 29.2 Å². The number of carbonyl (C=O) groups excluding carboxylic acids is 1. The number of carbonyl (C=O) groups is 1. The lowest BCUT2D eigenvalue weighted by Crippen LogP contribution is -2.42. The second-order valence-electron chi connectivity index (χ2n) is 12.0. The Hall–Kier alpha value is -4.54. The first kappa shape index (κ1) is 30.5. The lowest BCUT2D eigenvalue weighted by molar-refractivity contribution is -0.132. The summed E-state index contributed by atoms with van der Waals surface area (Å²) in [5.41, 5.74) is 12.4. The van der Waals surface area contributed by atoms with E-state index in [1.807, 2.05) is 35.2 Å². The summed E-state index contributed by atoms with van der Waals surface area (Å²) in [4.78, 5) is 32.5. The number of benzene rings is 3. The first-order chi connectivity index (χ1) is 21.9. The van der Waals surface area contributed by atoms with Crippen LogP contribution in [-0.2, 0) is 22.5 Å². The molecule has 1 saturated heterocycles. The molecule has 0 spiro atoms. The quantitative estimate of drug-likeness (QED) is 0.212. The number of hydrogen-bond acceptors (Lipinski definition) is 6. The van der Waals surface area contributed by atoms with Crippen molar-refractivity contribution in [3.8, 4) is 16.8 Å². The zero-order valence-corrected chi connectivity index (χ0v) is 26.0. The molecule has 2 atom stereocenters. The Morgan fingerprint density at radius 1 is 1.07 bits per heavy atom. The maximum absolute atomic E-state index is 13.4. The number of H-pyrrole nitrogens is 1. The van der Waals surface area contributed by atoms with E-state index in [-0.39, 0.29) is 23.6 Å². The minimum absolute atomic E-state index is 0.109. The smallest absolute Gasteiger partial charge is 0.347 e. The molecule has 3 aromatic carbocycles. The normalized spacial score (nSPS) is 15.9. The van der Waals surface area contributed by atoms with E-state index >= 15 is 0 Å². The van der Waals surface area contributed by atoms with Crippen molar-refractivity contribution in [1.29, 1.82) is 0 Å². The van der Waals surface area contributed by atoms with E-state index in [2.05, 4.69) is 57.2 Å². The second kappa shape index (κ2) is 13.6. The van der Waals surface area contributed by atoms with Gasteiger partial charge in [-0.25, -0.2) is 19.4 Å². The van der Waals surface area contributed by atoms with Gasteiger partial charge >= 0.3 is 5.69 Å². The van der Waals surface area contributed by atoms with Gasteiger partial charge < -0.3 is 19.9 Å². The van der Waals surface area contributed by atoms with Gasteiger partial charge in [-0.2, -0.15) is 5.10 Å². The van der Waals surface area contributed by atoms with E-state index in [9.17, 15) is 9.59 Å². The van der Waals surface area contributed by atoms with E-state index in [4.69, 9.17) is 15.5 Å². The number of ether oxygens (including phenoxy) is 1. The van der Waals surface area contributed by atoms with Crippen LogP contribution in [-0.4, -0.2) is 68.0 Å². The molecule has 3 N–H and O–H groups in total. The van der Waals surface area contributed by atoms with Gasteiger partial charge in [0.1, 0.15) is 11.6 Å². The number of rotatable bonds is 11. The first-order valence-electron chi connectivity index (χ1n) is 15.7. The number of hydrogen-bond donors (Lipinski definition) is 2. The molecule has 2 aromatic heterocycles. The number of nitrogens with one attached hydrogen (secondary N) is 1. The fourth-order valence-corrected chi connectivity index (χ4v) is 6.47. The Labute approximate surface area is 262 Å². The van der Waals surface area contributed by atoms with Crippen molar-refractivity contribution in [2.75, 3.05) is 26.8 Å². The predicted octanol–water partition coefficient (Wildman–Crippen LogP) is 4.59. The van der Waals surface area contributed by atoms with Crippen LogP contribution in [0.15, 0.2) is 77.6 Å². The van der Waals surface area contributed by atoms with Crippen molar-refractivity contribution in [3.63, 3.8) is 0 Å². The summed E-state index contributed by atoms with van der Waals surface area (Å²) in [7, 11) is 1.73. The number of piperidine rings is 1. The van der Waals surface area contributed by atoms with Gasteiger partial charge in [-0.3, -0.25) is 4.79 Å². The summed E-state index contributed by atoms with van der Waals surface area (Å²) in [5, 5.41) is 6.45. The van der Waals surface area contributed by atoms with E-state index in [0.29, 0.717) is 31.8 Å². The fourth-order valence-electron chi connectivity index (χ4n) is 6.47. The Morgan fingerprint density at radius 3 is 2.51 bits per heavy atom.